The average molecular weight is 424 g/mol. The summed E-state index contributed by atoms with van der Waals surface area (Å²) in [5, 5.41) is 16.6. The second kappa shape index (κ2) is 8.15. The van der Waals surface area contributed by atoms with E-state index in [9.17, 15) is 9.59 Å². The predicted molar refractivity (Wildman–Crippen MR) is 117 cm³/mol. The van der Waals surface area contributed by atoms with E-state index in [0.717, 1.165) is 0 Å². The SMILES string of the molecule is C=CCn1c(=O)c2ccccc2n2c(SCC(=O)Nc3ccnn3C(C)C)nnc12. The number of nitrogens with zero attached hydrogens (tertiary/aromatic N) is 6. The molecule has 1 amide bonds. The largest absolute Gasteiger partial charge is 0.310 e. The van der Waals surface area contributed by atoms with E-state index in [-0.39, 0.29) is 23.3 Å². The Labute approximate surface area is 176 Å². The molecule has 1 N–H and O–H groups in total. The molecule has 0 spiro atoms. The zero-order chi connectivity index (χ0) is 21.3. The van der Waals surface area contributed by atoms with Crippen LogP contribution in [0, 0.1) is 0 Å². The van der Waals surface area contributed by atoms with Crippen molar-refractivity contribution in [3.63, 3.8) is 0 Å². The molecule has 0 aliphatic carbocycles. The highest BCUT2D eigenvalue weighted by atomic mass is 32.2. The van der Waals surface area contributed by atoms with Crippen LogP contribution in [0.2, 0.25) is 0 Å². The number of carbonyl (C=O) groups is 1. The lowest BCUT2D eigenvalue weighted by atomic mass is 10.2. The summed E-state index contributed by atoms with van der Waals surface area (Å²) in [7, 11) is 0. The van der Waals surface area contributed by atoms with Gasteiger partial charge in [0.05, 0.1) is 22.9 Å². The number of amides is 1. The molecule has 0 aliphatic heterocycles. The van der Waals surface area contributed by atoms with Crippen molar-refractivity contribution in [1.82, 2.24) is 28.9 Å². The number of carbonyl (C=O) groups excluding carboxylic acids is 1. The summed E-state index contributed by atoms with van der Waals surface area (Å²) in [4.78, 5) is 25.3. The quantitative estimate of drug-likeness (QED) is 0.362. The van der Waals surface area contributed by atoms with Gasteiger partial charge in [-0.2, -0.15) is 5.10 Å². The molecular weight excluding hydrogens is 402 g/mol. The molecule has 4 rings (SSSR count). The van der Waals surface area contributed by atoms with Crippen LogP contribution in [-0.4, -0.2) is 40.6 Å². The first-order chi connectivity index (χ1) is 14.5. The molecule has 0 aliphatic rings. The highest BCUT2D eigenvalue weighted by Gasteiger charge is 2.17. The molecule has 0 saturated heterocycles. The van der Waals surface area contributed by atoms with Crippen molar-refractivity contribution in [2.75, 3.05) is 11.1 Å². The summed E-state index contributed by atoms with van der Waals surface area (Å²) in [6.07, 6.45) is 3.29. The molecule has 0 unspecified atom stereocenters. The van der Waals surface area contributed by atoms with Gasteiger partial charge in [-0.15, -0.1) is 16.8 Å². The molecule has 0 fully saturated rings. The molecule has 30 heavy (non-hydrogen) atoms. The summed E-state index contributed by atoms with van der Waals surface area (Å²) < 4.78 is 5.07. The summed E-state index contributed by atoms with van der Waals surface area (Å²) in [6, 6.07) is 9.18. The zero-order valence-electron chi connectivity index (χ0n) is 16.6. The fourth-order valence-corrected chi connectivity index (χ4v) is 3.99. The number of rotatable bonds is 7. The molecule has 10 heteroatoms. The number of nitrogens with one attached hydrogen (secondary N) is 1. The van der Waals surface area contributed by atoms with Gasteiger partial charge in [0.1, 0.15) is 5.82 Å². The molecular formula is C20H21N7O2S. The topological polar surface area (TPSA) is 99.1 Å². The molecule has 9 nitrogen and oxygen atoms in total. The summed E-state index contributed by atoms with van der Waals surface area (Å²) in [5.74, 6) is 1.02. The molecule has 0 saturated carbocycles. The molecule has 4 aromatic rings. The number of hydrogen-bond acceptors (Lipinski definition) is 6. The lowest BCUT2D eigenvalue weighted by molar-refractivity contribution is -0.113. The number of para-hydroxylation sites is 1. The highest BCUT2D eigenvalue weighted by Crippen LogP contribution is 2.22. The number of fused-ring (bicyclic) bond motifs is 3. The van der Waals surface area contributed by atoms with Crippen molar-refractivity contribution in [2.24, 2.45) is 0 Å². The summed E-state index contributed by atoms with van der Waals surface area (Å²) in [5.41, 5.74) is 0.547. The maximum atomic E-state index is 12.8. The first kappa shape index (κ1) is 19.9. The Morgan fingerprint density at radius 3 is 2.83 bits per heavy atom. The number of anilines is 1. The average Bonchev–Trinajstić information content (AvgIpc) is 3.36. The van der Waals surface area contributed by atoms with E-state index < -0.39 is 0 Å². The Bertz CT molecular complexity index is 1300. The van der Waals surface area contributed by atoms with Crippen LogP contribution in [-0.2, 0) is 11.3 Å². The molecule has 3 heterocycles. The van der Waals surface area contributed by atoms with Gasteiger partial charge in [-0.1, -0.05) is 30.0 Å². The number of allylic oxidation sites excluding steroid dienone is 1. The summed E-state index contributed by atoms with van der Waals surface area (Å²) >= 11 is 1.25. The third-order valence-electron chi connectivity index (χ3n) is 4.55. The monoisotopic (exact) mass is 423 g/mol. The molecule has 0 radical (unpaired) electrons. The number of thioether (sulfide) groups is 1. The Balaban J connectivity index is 1.65. The lowest BCUT2D eigenvalue weighted by Gasteiger charge is -2.12. The van der Waals surface area contributed by atoms with Crippen molar-refractivity contribution >= 4 is 40.2 Å². The minimum absolute atomic E-state index is 0.136. The van der Waals surface area contributed by atoms with Gasteiger partial charge in [0.25, 0.3) is 5.56 Å². The second-order valence-electron chi connectivity index (χ2n) is 6.93. The van der Waals surface area contributed by atoms with Crippen molar-refractivity contribution in [2.45, 2.75) is 31.6 Å². The smallest absolute Gasteiger partial charge is 0.263 e. The Morgan fingerprint density at radius 1 is 1.27 bits per heavy atom. The van der Waals surface area contributed by atoms with Gasteiger partial charge < -0.3 is 5.32 Å². The normalized spacial score (nSPS) is 11.4. The fraction of sp³-hybridized carbons (Fsp3) is 0.250. The van der Waals surface area contributed by atoms with E-state index in [4.69, 9.17) is 0 Å². The van der Waals surface area contributed by atoms with Crippen LogP contribution in [0.5, 0.6) is 0 Å². The minimum atomic E-state index is -0.178. The van der Waals surface area contributed by atoms with Gasteiger partial charge >= 0.3 is 0 Å². The van der Waals surface area contributed by atoms with Crippen molar-refractivity contribution in [3.05, 3.63) is 59.5 Å². The van der Waals surface area contributed by atoms with E-state index in [2.05, 4.69) is 27.2 Å². The number of benzene rings is 1. The number of hydrogen-bond donors (Lipinski definition) is 1. The van der Waals surface area contributed by atoms with Crippen molar-refractivity contribution < 1.29 is 4.79 Å². The van der Waals surface area contributed by atoms with Crippen molar-refractivity contribution in [1.29, 1.82) is 0 Å². The Hall–Kier alpha value is -3.40. The van der Waals surface area contributed by atoms with E-state index in [1.54, 1.807) is 33.5 Å². The van der Waals surface area contributed by atoms with Crippen LogP contribution in [0.15, 0.2) is 59.1 Å². The number of aromatic nitrogens is 6. The van der Waals surface area contributed by atoms with Gasteiger partial charge in [-0.3, -0.25) is 18.6 Å². The first-order valence-electron chi connectivity index (χ1n) is 9.45. The van der Waals surface area contributed by atoms with Gasteiger partial charge in [0.15, 0.2) is 5.16 Å². The van der Waals surface area contributed by atoms with Crippen LogP contribution >= 0.6 is 11.8 Å². The van der Waals surface area contributed by atoms with Crippen molar-refractivity contribution in [3.8, 4) is 0 Å². The predicted octanol–water partition coefficient (Wildman–Crippen LogP) is 2.74. The molecule has 0 bridgehead atoms. The van der Waals surface area contributed by atoms with Gasteiger partial charge in [0, 0.05) is 18.7 Å². The third kappa shape index (κ3) is 3.50. The van der Waals surface area contributed by atoms with E-state index in [0.29, 0.717) is 34.2 Å². The molecule has 0 atom stereocenters. The standard InChI is InChI=1S/C20H21N7O2S/c1-4-11-25-18(29)14-7-5-6-8-15(14)26-19(25)23-24-20(26)30-12-17(28)22-16-9-10-21-27(16)13(2)3/h4-10,13H,1,11-12H2,2-3H3,(H,22,28). The zero-order valence-corrected chi connectivity index (χ0v) is 17.5. The Morgan fingerprint density at radius 2 is 2.07 bits per heavy atom. The van der Waals surface area contributed by atoms with Crippen LogP contribution in [0.3, 0.4) is 0 Å². The minimum Gasteiger partial charge on any atom is -0.310 e. The van der Waals surface area contributed by atoms with Crippen LogP contribution in [0.25, 0.3) is 16.7 Å². The lowest BCUT2D eigenvalue weighted by Crippen LogP contribution is -2.23. The maximum Gasteiger partial charge on any atom is 0.263 e. The van der Waals surface area contributed by atoms with E-state index >= 15 is 0 Å². The van der Waals surface area contributed by atoms with Gasteiger partial charge in [-0.25, -0.2) is 4.68 Å². The molecule has 3 aromatic heterocycles. The second-order valence-corrected chi connectivity index (χ2v) is 7.87. The first-order valence-corrected chi connectivity index (χ1v) is 10.4. The third-order valence-corrected chi connectivity index (χ3v) is 5.48. The fourth-order valence-electron chi connectivity index (χ4n) is 3.25. The van der Waals surface area contributed by atoms with Gasteiger partial charge in [0.2, 0.25) is 11.7 Å². The van der Waals surface area contributed by atoms with Gasteiger partial charge in [-0.05, 0) is 26.0 Å². The molecule has 154 valence electrons. The van der Waals surface area contributed by atoms with Crippen LogP contribution in [0.4, 0.5) is 5.82 Å². The summed E-state index contributed by atoms with van der Waals surface area (Å²) in [6.45, 7) is 8.03. The Kier molecular flexibility index (Phi) is 5.40. The maximum absolute atomic E-state index is 12.8. The van der Waals surface area contributed by atoms with E-state index in [1.807, 2.05) is 32.0 Å². The highest BCUT2D eigenvalue weighted by molar-refractivity contribution is 7.99. The molecule has 1 aromatic carbocycles. The van der Waals surface area contributed by atoms with E-state index in [1.165, 1.54) is 16.3 Å². The van der Waals surface area contributed by atoms with Crippen LogP contribution < -0.4 is 10.9 Å². The van der Waals surface area contributed by atoms with Crippen LogP contribution in [0.1, 0.15) is 19.9 Å².